The molecule has 2 atom stereocenters. The van der Waals surface area contributed by atoms with Crippen LogP contribution in [0.2, 0.25) is 0 Å². The van der Waals surface area contributed by atoms with Crippen LogP contribution in [0, 0.1) is 11.8 Å². The summed E-state index contributed by atoms with van der Waals surface area (Å²) in [6.45, 7) is 6.77. The highest BCUT2D eigenvalue weighted by molar-refractivity contribution is 5.97. The Kier molecular flexibility index (Phi) is 3.40. The lowest BCUT2D eigenvalue weighted by molar-refractivity contribution is -0.149. The highest BCUT2D eigenvalue weighted by atomic mass is 16.2. The van der Waals surface area contributed by atoms with Crippen LogP contribution in [0.25, 0.3) is 0 Å². The van der Waals surface area contributed by atoms with Gasteiger partial charge in [0.25, 0.3) is 0 Å². The van der Waals surface area contributed by atoms with Gasteiger partial charge in [-0.05, 0) is 38.0 Å². The van der Waals surface area contributed by atoms with Crippen LogP contribution in [0.15, 0.2) is 0 Å². The molecular formula is C13H22N2O2. The van der Waals surface area contributed by atoms with E-state index in [9.17, 15) is 9.59 Å². The lowest BCUT2D eigenvalue weighted by atomic mass is 10.0. The van der Waals surface area contributed by atoms with Crippen LogP contribution in [0.3, 0.4) is 0 Å². The van der Waals surface area contributed by atoms with E-state index in [1.54, 1.807) is 6.92 Å². The van der Waals surface area contributed by atoms with Crippen LogP contribution in [-0.2, 0) is 9.59 Å². The molecule has 1 aliphatic carbocycles. The Morgan fingerprint density at radius 3 is 2.53 bits per heavy atom. The van der Waals surface area contributed by atoms with Gasteiger partial charge in [0, 0.05) is 6.54 Å². The summed E-state index contributed by atoms with van der Waals surface area (Å²) in [5.41, 5.74) is 0. The predicted molar refractivity (Wildman–Crippen MR) is 65.3 cm³/mol. The number of carbonyl (C=O) groups excluding carboxylic acids is 2. The summed E-state index contributed by atoms with van der Waals surface area (Å²) in [5.74, 6) is 1.09. The molecule has 0 aromatic carbocycles. The second-order valence-electron chi connectivity index (χ2n) is 5.73. The van der Waals surface area contributed by atoms with Crippen molar-refractivity contribution in [3.63, 3.8) is 0 Å². The van der Waals surface area contributed by atoms with Crippen molar-refractivity contribution in [2.45, 2.75) is 52.1 Å². The minimum absolute atomic E-state index is 0.0448. The van der Waals surface area contributed by atoms with E-state index in [1.807, 2.05) is 4.90 Å². The maximum Gasteiger partial charge on any atom is 0.245 e. The first kappa shape index (κ1) is 12.4. The molecule has 2 amide bonds. The van der Waals surface area contributed by atoms with Crippen molar-refractivity contribution >= 4 is 11.8 Å². The monoisotopic (exact) mass is 238 g/mol. The van der Waals surface area contributed by atoms with Crippen molar-refractivity contribution in [2.75, 3.05) is 6.54 Å². The second kappa shape index (κ2) is 4.67. The molecule has 17 heavy (non-hydrogen) atoms. The fraction of sp³-hybridized carbons (Fsp3) is 0.846. The van der Waals surface area contributed by atoms with Crippen LogP contribution < -0.4 is 5.32 Å². The van der Waals surface area contributed by atoms with Crippen molar-refractivity contribution < 1.29 is 9.59 Å². The molecule has 1 saturated heterocycles. The van der Waals surface area contributed by atoms with E-state index in [0.717, 1.165) is 25.8 Å². The van der Waals surface area contributed by atoms with Crippen LogP contribution in [0.1, 0.15) is 40.0 Å². The number of piperazine rings is 1. The molecule has 0 bridgehead atoms. The molecule has 1 heterocycles. The van der Waals surface area contributed by atoms with Gasteiger partial charge in [-0.2, -0.15) is 0 Å². The molecular weight excluding hydrogens is 216 g/mol. The van der Waals surface area contributed by atoms with Gasteiger partial charge < -0.3 is 10.2 Å². The number of hydrogen-bond acceptors (Lipinski definition) is 2. The van der Waals surface area contributed by atoms with Gasteiger partial charge >= 0.3 is 0 Å². The number of hydrogen-bond donors (Lipinski definition) is 1. The van der Waals surface area contributed by atoms with Crippen LogP contribution in [-0.4, -0.2) is 35.3 Å². The number of nitrogens with one attached hydrogen (secondary N) is 1. The molecule has 4 heteroatoms. The lowest BCUT2D eigenvalue weighted by Gasteiger charge is -2.38. The second-order valence-corrected chi connectivity index (χ2v) is 5.73. The molecule has 0 aromatic heterocycles. The molecule has 0 aromatic rings. The molecule has 2 unspecified atom stereocenters. The van der Waals surface area contributed by atoms with Crippen molar-refractivity contribution in [1.82, 2.24) is 10.2 Å². The molecule has 1 N–H and O–H groups in total. The molecule has 96 valence electrons. The maximum atomic E-state index is 12.1. The minimum Gasteiger partial charge on any atom is -0.343 e. The summed E-state index contributed by atoms with van der Waals surface area (Å²) in [5, 5.41) is 2.79. The minimum atomic E-state index is -0.357. The third kappa shape index (κ3) is 2.61. The normalized spacial score (nSPS) is 29.8. The van der Waals surface area contributed by atoms with Crippen molar-refractivity contribution in [3.8, 4) is 0 Å². The van der Waals surface area contributed by atoms with Crippen molar-refractivity contribution in [2.24, 2.45) is 11.8 Å². The third-order valence-electron chi connectivity index (χ3n) is 3.63. The zero-order valence-corrected chi connectivity index (χ0v) is 10.9. The number of amides is 2. The van der Waals surface area contributed by atoms with Gasteiger partial charge in [0.1, 0.15) is 12.1 Å². The number of carbonyl (C=O) groups is 2. The van der Waals surface area contributed by atoms with Crippen LogP contribution >= 0.6 is 0 Å². The van der Waals surface area contributed by atoms with Gasteiger partial charge in [-0.25, -0.2) is 0 Å². The van der Waals surface area contributed by atoms with Crippen LogP contribution in [0.5, 0.6) is 0 Å². The molecule has 1 aliphatic heterocycles. The molecule has 2 aliphatic rings. The van der Waals surface area contributed by atoms with Gasteiger partial charge in [0.15, 0.2) is 0 Å². The first-order valence-corrected chi connectivity index (χ1v) is 6.61. The molecule has 4 nitrogen and oxygen atoms in total. The summed E-state index contributed by atoms with van der Waals surface area (Å²) >= 11 is 0. The lowest BCUT2D eigenvalue weighted by Crippen LogP contribution is -2.63. The summed E-state index contributed by atoms with van der Waals surface area (Å²) in [6.07, 6.45) is 3.13. The SMILES string of the molecule is CC(C)CCN1C(=O)C(C)NC(=O)C1C1CC1. The van der Waals surface area contributed by atoms with Gasteiger partial charge in [-0.15, -0.1) is 0 Å². The fourth-order valence-electron chi connectivity index (χ4n) is 2.41. The van der Waals surface area contributed by atoms with Crippen LogP contribution in [0.4, 0.5) is 0 Å². The van der Waals surface area contributed by atoms with E-state index in [2.05, 4.69) is 19.2 Å². The van der Waals surface area contributed by atoms with E-state index in [1.165, 1.54) is 0 Å². The summed E-state index contributed by atoms with van der Waals surface area (Å²) < 4.78 is 0. The average Bonchev–Trinajstić information content (AvgIpc) is 3.04. The molecule has 0 radical (unpaired) electrons. The Labute approximate surface area is 103 Å². The molecule has 2 rings (SSSR count). The van der Waals surface area contributed by atoms with Crippen molar-refractivity contribution in [3.05, 3.63) is 0 Å². The highest BCUT2D eigenvalue weighted by Gasteiger charge is 2.46. The Morgan fingerprint density at radius 1 is 1.35 bits per heavy atom. The third-order valence-corrected chi connectivity index (χ3v) is 3.63. The summed E-state index contributed by atoms with van der Waals surface area (Å²) in [7, 11) is 0. The fourth-order valence-corrected chi connectivity index (χ4v) is 2.41. The Morgan fingerprint density at radius 2 is 2.00 bits per heavy atom. The number of rotatable bonds is 4. The number of nitrogens with zero attached hydrogens (tertiary/aromatic N) is 1. The van der Waals surface area contributed by atoms with Gasteiger partial charge in [-0.3, -0.25) is 9.59 Å². The Hall–Kier alpha value is -1.06. The molecule has 2 fully saturated rings. The quantitative estimate of drug-likeness (QED) is 0.799. The van der Waals surface area contributed by atoms with Gasteiger partial charge in [-0.1, -0.05) is 13.8 Å². The first-order valence-electron chi connectivity index (χ1n) is 6.61. The summed E-state index contributed by atoms with van der Waals surface area (Å²) in [6, 6.07) is -0.554. The topological polar surface area (TPSA) is 49.4 Å². The average molecular weight is 238 g/mol. The molecule has 1 saturated carbocycles. The first-order chi connectivity index (χ1) is 8.00. The van der Waals surface area contributed by atoms with E-state index in [4.69, 9.17) is 0 Å². The smallest absolute Gasteiger partial charge is 0.245 e. The van der Waals surface area contributed by atoms with E-state index >= 15 is 0 Å². The molecule has 0 spiro atoms. The summed E-state index contributed by atoms with van der Waals surface area (Å²) in [4.78, 5) is 25.9. The Balaban J connectivity index is 2.09. The maximum absolute atomic E-state index is 12.1. The largest absolute Gasteiger partial charge is 0.343 e. The predicted octanol–water partition coefficient (Wildman–Crippen LogP) is 1.16. The highest BCUT2D eigenvalue weighted by Crippen LogP contribution is 2.37. The van der Waals surface area contributed by atoms with Gasteiger partial charge in [0.2, 0.25) is 11.8 Å². The van der Waals surface area contributed by atoms with Gasteiger partial charge in [0.05, 0.1) is 0 Å². The standard InChI is InChI=1S/C13H22N2O2/c1-8(2)6-7-15-11(10-4-5-10)12(16)14-9(3)13(15)17/h8-11H,4-7H2,1-3H3,(H,14,16). The zero-order valence-electron chi connectivity index (χ0n) is 10.9. The Bertz CT molecular complexity index is 323. The van der Waals surface area contributed by atoms with E-state index in [-0.39, 0.29) is 23.9 Å². The zero-order chi connectivity index (χ0) is 12.6. The van der Waals surface area contributed by atoms with Crippen molar-refractivity contribution in [1.29, 1.82) is 0 Å². The van der Waals surface area contributed by atoms with E-state index in [0.29, 0.717) is 11.8 Å². The van der Waals surface area contributed by atoms with E-state index < -0.39 is 0 Å².